The standard InChI is InChI=1S/C28H34F3N3O2/c1-3-19(35)16-34-17(2)10-22-21-6-4-5-7-25(21)32-27(22)28(34)26-23(30)11-20(12-24(26)31)36-9-8-33-14-18(13-29)15-33/h4-7,11-12,17-19,28,32,35H,3,8-10,13-16H2,1-2H3/t17-,19+,28-/m1/s1. The molecule has 0 bridgehead atoms. The van der Waals surface area contributed by atoms with Crippen molar-refractivity contribution in [2.75, 3.05) is 39.5 Å². The first kappa shape index (κ1) is 25.1. The van der Waals surface area contributed by atoms with Crippen LogP contribution in [-0.2, 0) is 6.42 Å². The third-order valence-corrected chi connectivity index (χ3v) is 7.66. The lowest BCUT2D eigenvalue weighted by molar-refractivity contribution is 0.0597. The highest BCUT2D eigenvalue weighted by Crippen LogP contribution is 2.43. The summed E-state index contributed by atoms with van der Waals surface area (Å²) in [6, 6.07) is 9.67. The summed E-state index contributed by atoms with van der Waals surface area (Å²) in [6.07, 6.45) is 0.667. The number of aliphatic hydroxyl groups is 1. The van der Waals surface area contributed by atoms with Crippen molar-refractivity contribution in [1.82, 2.24) is 14.8 Å². The van der Waals surface area contributed by atoms with Crippen molar-refractivity contribution in [3.8, 4) is 5.75 Å². The molecule has 36 heavy (non-hydrogen) atoms. The number of aromatic nitrogens is 1. The second-order valence-electron chi connectivity index (χ2n) is 10.2. The number of nitrogens with zero attached hydrogens (tertiary/aromatic N) is 2. The van der Waals surface area contributed by atoms with Crippen molar-refractivity contribution in [1.29, 1.82) is 0 Å². The van der Waals surface area contributed by atoms with E-state index in [1.807, 2.05) is 43.0 Å². The maximum absolute atomic E-state index is 15.6. The molecule has 1 saturated heterocycles. The first-order valence-corrected chi connectivity index (χ1v) is 12.8. The maximum Gasteiger partial charge on any atom is 0.135 e. The number of H-pyrrole nitrogens is 1. The van der Waals surface area contributed by atoms with Gasteiger partial charge < -0.3 is 14.8 Å². The van der Waals surface area contributed by atoms with Crippen LogP contribution in [0.1, 0.15) is 43.1 Å². The van der Waals surface area contributed by atoms with Crippen LogP contribution >= 0.6 is 0 Å². The van der Waals surface area contributed by atoms with Gasteiger partial charge in [-0.15, -0.1) is 0 Å². The zero-order valence-electron chi connectivity index (χ0n) is 20.8. The molecular formula is C28H34F3N3O2. The van der Waals surface area contributed by atoms with E-state index in [1.54, 1.807) is 0 Å². The zero-order chi connectivity index (χ0) is 25.4. The van der Waals surface area contributed by atoms with E-state index in [4.69, 9.17) is 4.74 Å². The number of benzene rings is 2. The van der Waals surface area contributed by atoms with E-state index >= 15 is 8.78 Å². The molecule has 0 spiro atoms. The number of rotatable bonds is 9. The Bertz CT molecular complexity index is 1190. The Morgan fingerprint density at radius 2 is 1.89 bits per heavy atom. The number of para-hydroxylation sites is 1. The van der Waals surface area contributed by atoms with Gasteiger partial charge in [0.25, 0.3) is 0 Å². The number of β-amino-alcohol motifs (C(OH)–C–C–N with tert-alkyl or cyclic N) is 1. The number of hydrogen-bond donors (Lipinski definition) is 2. The first-order chi connectivity index (χ1) is 17.4. The number of aromatic amines is 1. The average Bonchev–Trinajstić information content (AvgIpc) is 3.19. The summed E-state index contributed by atoms with van der Waals surface area (Å²) < 4.78 is 49.6. The summed E-state index contributed by atoms with van der Waals surface area (Å²) in [5.74, 6) is -1.13. The lowest BCUT2D eigenvalue weighted by atomic mass is 9.87. The van der Waals surface area contributed by atoms with Gasteiger partial charge in [-0.3, -0.25) is 14.2 Å². The average molecular weight is 502 g/mol. The zero-order valence-corrected chi connectivity index (χ0v) is 20.8. The number of aliphatic hydroxyl groups excluding tert-OH is 1. The maximum atomic E-state index is 15.6. The molecule has 5 nitrogen and oxygen atoms in total. The SMILES string of the molecule is CC[C@H](O)CN1[C@H](c2c(F)cc(OCCN3CC(CF)C3)cc2F)c2[nH]c3ccccc3c2C[C@H]1C. The van der Waals surface area contributed by atoms with E-state index in [0.717, 1.165) is 28.6 Å². The number of alkyl halides is 1. The van der Waals surface area contributed by atoms with E-state index in [2.05, 4.69) is 9.88 Å². The van der Waals surface area contributed by atoms with E-state index in [9.17, 15) is 9.50 Å². The van der Waals surface area contributed by atoms with E-state index in [-0.39, 0.29) is 36.6 Å². The molecule has 0 radical (unpaired) electrons. The predicted molar refractivity (Wildman–Crippen MR) is 134 cm³/mol. The fourth-order valence-corrected chi connectivity index (χ4v) is 5.63. The van der Waals surface area contributed by atoms with Gasteiger partial charge >= 0.3 is 0 Å². The van der Waals surface area contributed by atoms with Gasteiger partial charge in [-0.05, 0) is 31.4 Å². The molecule has 2 aliphatic heterocycles. The van der Waals surface area contributed by atoms with E-state index in [0.29, 0.717) is 32.6 Å². The van der Waals surface area contributed by atoms with Crippen molar-refractivity contribution in [3.05, 3.63) is 64.9 Å². The van der Waals surface area contributed by atoms with Crippen molar-refractivity contribution < 1.29 is 23.0 Å². The van der Waals surface area contributed by atoms with Crippen LogP contribution in [0, 0.1) is 17.6 Å². The second-order valence-corrected chi connectivity index (χ2v) is 10.2. The minimum atomic E-state index is -0.704. The summed E-state index contributed by atoms with van der Waals surface area (Å²) in [6.45, 7) is 6.16. The summed E-state index contributed by atoms with van der Waals surface area (Å²) in [7, 11) is 0. The summed E-state index contributed by atoms with van der Waals surface area (Å²) in [4.78, 5) is 7.48. The van der Waals surface area contributed by atoms with Crippen LogP contribution in [0.2, 0.25) is 0 Å². The van der Waals surface area contributed by atoms with Crippen LogP contribution in [-0.4, -0.2) is 71.5 Å². The number of halogens is 3. The molecular weight excluding hydrogens is 467 g/mol. The van der Waals surface area contributed by atoms with Gasteiger partial charge in [0.1, 0.15) is 24.0 Å². The molecule has 2 N–H and O–H groups in total. The highest BCUT2D eigenvalue weighted by Gasteiger charge is 2.39. The highest BCUT2D eigenvalue weighted by atomic mass is 19.1. The summed E-state index contributed by atoms with van der Waals surface area (Å²) in [5, 5.41) is 11.5. The summed E-state index contributed by atoms with van der Waals surface area (Å²) in [5.41, 5.74) is 2.72. The molecule has 1 fully saturated rings. The van der Waals surface area contributed by atoms with Crippen LogP contribution in [0.4, 0.5) is 13.2 Å². The molecule has 0 saturated carbocycles. The van der Waals surface area contributed by atoms with Crippen molar-refractivity contribution in [2.45, 2.75) is 44.9 Å². The molecule has 0 amide bonds. The van der Waals surface area contributed by atoms with Gasteiger partial charge in [-0.25, -0.2) is 8.78 Å². The molecule has 0 unspecified atom stereocenters. The van der Waals surface area contributed by atoms with Gasteiger partial charge in [0.05, 0.1) is 18.8 Å². The number of fused-ring (bicyclic) bond motifs is 3. The third-order valence-electron chi connectivity index (χ3n) is 7.66. The van der Waals surface area contributed by atoms with Crippen molar-refractivity contribution in [2.24, 2.45) is 5.92 Å². The van der Waals surface area contributed by atoms with Crippen LogP contribution in [0.3, 0.4) is 0 Å². The largest absolute Gasteiger partial charge is 0.492 e. The highest BCUT2D eigenvalue weighted by molar-refractivity contribution is 5.85. The second kappa shape index (κ2) is 10.4. The Labute approximate surface area is 209 Å². The first-order valence-electron chi connectivity index (χ1n) is 12.8. The van der Waals surface area contributed by atoms with Gasteiger partial charge in [-0.2, -0.15) is 0 Å². The fourth-order valence-electron chi connectivity index (χ4n) is 5.63. The van der Waals surface area contributed by atoms with Crippen molar-refractivity contribution in [3.63, 3.8) is 0 Å². The Morgan fingerprint density at radius 1 is 1.17 bits per heavy atom. The topological polar surface area (TPSA) is 51.7 Å². The molecule has 0 aliphatic carbocycles. The molecule has 3 atom stereocenters. The molecule has 1 aromatic heterocycles. The smallest absolute Gasteiger partial charge is 0.135 e. The van der Waals surface area contributed by atoms with Gasteiger partial charge in [0.15, 0.2) is 0 Å². The molecule has 2 aliphatic rings. The van der Waals surface area contributed by atoms with E-state index in [1.165, 1.54) is 12.1 Å². The van der Waals surface area contributed by atoms with E-state index < -0.39 is 23.8 Å². The molecule has 3 aromatic rings. The lowest BCUT2D eigenvalue weighted by Crippen LogP contribution is -2.49. The van der Waals surface area contributed by atoms with Gasteiger partial charge in [0.2, 0.25) is 0 Å². The minimum Gasteiger partial charge on any atom is -0.492 e. The Balaban J connectivity index is 1.46. The summed E-state index contributed by atoms with van der Waals surface area (Å²) >= 11 is 0. The normalized spacial score (nSPS) is 21.9. The number of ether oxygens (including phenoxy) is 1. The molecule has 8 heteroatoms. The van der Waals surface area contributed by atoms with Gasteiger partial charge in [-0.1, -0.05) is 25.1 Å². The lowest BCUT2D eigenvalue weighted by Gasteiger charge is -2.42. The Kier molecular flexibility index (Phi) is 7.28. The number of likely N-dealkylation sites (tertiary alicyclic amines) is 1. The third kappa shape index (κ3) is 4.74. The molecule has 3 heterocycles. The predicted octanol–water partition coefficient (Wildman–Crippen LogP) is 4.83. The van der Waals surface area contributed by atoms with Crippen LogP contribution < -0.4 is 4.74 Å². The Morgan fingerprint density at radius 3 is 2.58 bits per heavy atom. The number of nitrogens with one attached hydrogen (secondary N) is 1. The number of hydrogen-bond acceptors (Lipinski definition) is 4. The molecule has 194 valence electrons. The van der Waals surface area contributed by atoms with Gasteiger partial charge in [0, 0.05) is 72.4 Å². The van der Waals surface area contributed by atoms with Crippen molar-refractivity contribution >= 4 is 10.9 Å². The van der Waals surface area contributed by atoms with Crippen LogP contribution in [0.15, 0.2) is 36.4 Å². The molecule has 5 rings (SSSR count). The molecule has 2 aromatic carbocycles. The fraction of sp³-hybridized carbons (Fsp3) is 0.500. The van der Waals surface area contributed by atoms with Crippen LogP contribution in [0.25, 0.3) is 10.9 Å². The van der Waals surface area contributed by atoms with Crippen LogP contribution in [0.5, 0.6) is 5.75 Å². The minimum absolute atomic E-state index is 0.0256. The monoisotopic (exact) mass is 501 g/mol. The quantitative estimate of drug-likeness (QED) is 0.441. The Hall–Kier alpha value is -2.55.